The van der Waals surface area contributed by atoms with Gasteiger partial charge in [-0.25, -0.2) is 0 Å². The Kier molecular flexibility index (Phi) is 8.04. The van der Waals surface area contributed by atoms with Crippen LogP contribution >= 0.6 is 15.9 Å². The maximum atomic E-state index is 12.2. The lowest BCUT2D eigenvalue weighted by molar-refractivity contribution is 0.0798. The second-order valence-corrected chi connectivity index (χ2v) is 10.9. The predicted molar refractivity (Wildman–Crippen MR) is 100 cm³/mol. The third-order valence-corrected chi connectivity index (χ3v) is 5.59. The quantitative estimate of drug-likeness (QED) is 0.352. The summed E-state index contributed by atoms with van der Waals surface area (Å²) in [6.07, 6.45) is 4.53. The van der Waals surface area contributed by atoms with Crippen molar-refractivity contribution in [2.24, 2.45) is 0 Å². The Morgan fingerprint density at radius 3 is 2.43 bits per heavy atom. The van der Waals surface area contributed by atoms with Gasteiger partial charge in [0.15, 0.2) is 9.76 Å². The van der Waals surface area contributed by atoms with E-state index in [4.69, 9.17) is 13.6 Å². The molecule has 0 unspecified atom stereocenters. The molecule has 0 radical (unpaired) electrons. The molecule has 0 atom stereocenters. The van der Waals surface area contributed by atoms with Crippen molar-refractivity contribution in [1.29, 1.82) is 0 Å². The average molecular weight is 405 g/mol. The SMILES string of the molecule is CC(C)(C)[SiH2]OC(C)(C)c1cc(=O)c(OCCCCCBr)co1. The Labute approximate surface area is 150 Å². The smallest absolute Gasteiger partial charge is 0.227 e. The van der Waals surface area contributed by atoms with Crippen LogP contribution in [0, 0.1) is 0 Å². The Morgan fingerprint density at radius 2 is 1.87 bits per heavy atom. The largest absolute Gasteiger partial charge is 0.487 e. The van der Waals surface area contributed by atoms with Crippen molar-refractivity contribution in [3.05, 3.63) is 28.3 Å². The molecule has 23 heavy (non-hydrogen) atoms. The molecule has 0 fully saturated rings. The van der Waals surface area contributed by atoms with Crippen LogP contribution in [0.4, 0.5) is 0 Å². The zero-order chi connectivity index (χ0) is 17.5. The third kappa shape index (κ3) is 7.68. The van der Waals surface area contributed by atoms with Crippen molar-refractivity contribution in [2.75, 3.05) is 11.9 Å². The Morgan fingerprint density at radius 1 is 1.17 bits per heavy atom. The molecule has 0 aromatic carbocycles. The van der Waals surface area contributed by atoms with E-state index in [1.165, 1.54) is 12.3 Å². The van der Waals surface area contributed by atoms with E-state index in [0.717, 1.165) is 24.6 Å². The van der Waals surface area contributed by atoms with Gasteiger partial charge in [-0.15, -0.1) is 0 Å². The van der Waals surface area contributed by atoms with Crippen molar-refractivity contribution in [2.45, 2.75) is 64.5 Å². The van der Waals surface area contributed by atoms with E-state index >= 15 is 0 Å². The summed E-state index contributed by atoms with van der Waals surface area (Å²) < 4.78 is 17.2. The molecule has 0 aliphatic rings. The molecule has 1 rings (SSSR count). The molecule has 0 N–H and O–H groups in total. The summed E-state index contributed by atoms with van der Waals surface area (Å²) in [6, 6.07) is 1.49. The first-order chi connectivity index (χ1) is 10.7. The van der Waals surface area contributed by atoms with Crippen LogP contribution in [-0.2, 0) is 10.0 Å². The molecule has 0 saturated heterocycles. The zero-order valence-electron chi connectivity index (χ0n) is 14.9. The molecule has 132 valence electrons. The standard InChI is InChI=1S/C17H29BrO4Si/c1-16(2,3)23-22-17(4,5)15-11-13(19)14(12-21-15)20-10-8-6-7-9-18/h11-12H,6-10,23H2,1-5H3. The predicted octanol–water partition coefficient (Wildman–Crippen LogP) is 4.14. The molecular weight excluding hydrogens is 376 g/mol. The first-order valence-electron chi connectivity index (χ1n) is 8.12. The van der Waals surface area contributed by atoms with Crippen molar-refractivity contribution in [3.63, 3.8) is 0 Å². The van der Waals surface area contributed by atoms with Gasteiger partial charge in [-0.2, -0.15) is 0 Å². The maximum Gasteiger partial charge on any atom is 0.227 e. The second-order valence-electron chi connectivity index (χ2n) is 7.43. The third-order valence-electron chi connectivity index (χ3n) is 3.29. The zero-order valence-corrected chi connectivity index (χ0v) is 17.9. The van der Waals surface area contributed by atoms with E-state index in [1.54, 1.807) is 0 Å². The van der Waals surface area contributed by atoms with Crippen molar-refractivity contribution < 1.29 is 13.6 Å². The van der Waals surface area contributed by atoms with E-state index in [-0.39, 0.29) is 16.2 Å². The fourth-order valence-electron chi connectivity index (χ4n) is 1.84. The highest BCUT2D eigenvalue weighted by atomic mass is 79.9. The fraction of sp³-hybridized carbons (Fsp3) is 0.706. The molecule has 1 aromatic rings. The lowest BCUT2D eigenvalue weighted by Gasteiger charge is -2.28. The Bertz CT molecular complexity index is 534. The fourth-order valence-corrected chi connectivity index (χ4v) is 3.18. The van der Waals surface area contributed by atoms with Gasteiger partial charge in [0.2, 0.25) is 11.2 Å². The molecule has 0 aliphatic heterocycles. The summed E-state index contributed by atoms with van der Waals surface area (Å²) >= 11 is 3.39. The molecule has 4 nitrogen and oxygen atoms in total. The van der Waals surface area contributed by atoms with Crippen LogP contribution in [0.25, 0.3) is 0 Å². The maximum absolute atomic E-state index is 12.2. The number of alkyl halides is 1. The van der Waals surface area contributed by atoms with Gasteiger partial charge in [-0.3, -0.25) is 4.79 Å². The number of rotatable bonds is 9. The van der Waals surface area contributed by atoms with Crippen LogP contribution in [0.2, 0.25) is 5.04 Å². The second kappa shape index (κ2) is 9.04. The van der Waals surface area contributed by atoms with Gasteiger partial charge in [0.25, 0.3) is 0 Å². The minimum atomic E-state index is -0.739. The van der Waals surface area contributed by atoms with Gasteiger partial charge in [-0.1, -0.05) is 36.7 Å². The average Bonchev–Trinajstić information content (AvgIpc) is 2.46. The van der Waals surface area contributed by atoms with Gasteiger partial charge in [0.05, 0.1) is 6.61 Å². The van der Waals surface area contributed by atoms with E-state index in [0.29, 0.717) is 12.4 Å². The number of hydrogen-bond acceptors (Lipinski definition) is 4. The molecule has 0 bridgehead atoms. The first-order valence-corrected chi connectivity index (χ1v) is 10.5. The lowest BCUT2D eigenvalue weighted by atomic mass is 10.1. The van der Waals surface area contributed by atoms with Crippen LogP contribution in [-0.4, -0.2) is 21.7 Å². The van der Waals surface area contributed by atoms with E-state index < -0.39 is 15.4 Å². The summed E-state index contributed by atoms with van der Waals surface area (Å²) in [5.74, 6) is 0.822. The van der Waals surface area contributed by atoms with Crippen LogP contribution in [0.5, 0.6) is 5.75 Å². The van der Waals surface area contributed by atoms with Gasteiger partial charge < -0.3 is 13.6 Å². The van der Waals surface area contributed by atoms with Crippen LogP contribution in [0.15, 0.2) is 21.5 Å². The Hall–Kier alpha value is -0.593. The highest BCUT2D eigenvalue weighted by Gasteiger charge is 2.27. The van der Waals surface area contributed by atoms with E-state index in [2.05, 4.69) is 36.7 Å². The number of halogens is 1. The van der Waals surface area contributed by atoms with Crippen LogP contribution in [0.1, 0.15) is 59.6 Å². The summed E-state index contributed by atoms with van der Waals surface area (Å²) in [5.41, 5.74) is -0.742. The van der Waals surface area contributed by atoms with Crippen LogP contribution in [0.3, 0.4) is 0 Å². The molecule has 6 heteroatoms. The van der Waals surface area contributed by atoms with Crippen molar-refractivity contribution in [1.82, 2.24) is 0 Å². The first kappa shape index (κ1) is 20.5. The van der Waals surface area contributed by atoms with Crippen LogP contribution < -0.4 is 10.2 Å². The number of hydrogen-bond donors (Lipinski definition) is 0. The number of unbranched alkanes of at least 4 members (excludes halogenated alkanes) is 2. The van der Waals surface area contributed by atoms with E-state index in [9.17, 15) is 4.79 Å². The van der Waals surface area contributed by atoms with Gasteiger partial charge in [0.1, 0.15) is 17.6 Å². The van der Waals surface area contributed by atoms with Crippen molar-refractivity contribution in [3.8, 4) is 5.75 Å². The molecule has 0 saturated carbocycles. The van der Waals surface area contributed by atoms with Crippen molar-refractivity contribution >= 4 is 25.7 Å². The monoisotopic (exact) mass is 404 g/mol. The lowest BCUT2D eigenvalue weighted by Crippen LogP contribution is -2.28. The normalized spacial score (nSPS) is 13.0. The topological polar surface area (TPSA) is 48.7 Å². The summed E-state index contributed by atoms with van der Waals surface area (Å²) in [6.45, 7) is 10.9. The highest BCUT2D eigenvalue weighted by molar-refractivity contribution is 9.09. The van der Waals surface area contributed by atoms with E-state index in [1.807, 2.05) is 13.8 Å². The molecule has 1 aromatic heterocycles. The molecular formula is C17H29BrO4Si. The molecule has 0 amide bonds. The number of ether oxygens (including phenoxy) is 1. The van der Waals surface area contributed by atoms with Gasteiger partial charge >= 0.3 is 0 Å². The summed E-state index contributed by atoms with van der Waals surface area (Å²) in [7, 11) is -0.739. The summed E-state index contributed by atoms with van der Waals surface area (Å²) in [5, 5.41) is 1.19. The van der Waals surface area contributed by atoms with Gasteiger partial charge in [0, 0.05) is 11.4 Å². The molecule has 0 spiro atoms. The Balaban J connectivity index is 2.65. The minimum Gasteiger partial charge on any atom is -0.487 e. The highest BCUT2D eigenvalue weighted by Crippen LogP contribution is 2.29. The summed E-state index contributed by atoms with van der Waals surface area (Å²) in [4.78, 5) is 12.2. The molecule has 0 aliphatic carbocycles. The molecule has 1 heterocycles. The van der Waals surface area contributed by atoms with Gasteiger partial charge in [-0.05, 0) is 38.1 Å². The minimum absolute atomic E-state index is 0.152.